The molecule has 11 nitrogen and oxygen atoms in total. The number of ether oxygens (including phenoxy) is 2. The largest absolute Gasteiger partial charge is 0.444 e. The molecule has 2 aromatic heterocycles. The Morgan fingerprint density at radius 2 is 1.69 bits per heavy atom. The van der Waals surface area contributed by atoms with Crippen molar-refractivity contribution in [1.29, 1.82) is 0 Å². The summed E-state index contributed by atoms with van der Waals surface area (Å²) in [7, 11) is 1.92. The minimum atomic E-state index is -1.05. The van der Waals surface area contributed by atoms with Crippen molar-refractivity contribution >= 4 is 46.0 Å². The van der Waals surface area contributed by atoms with E-state index in [-0.39, 0.29) is 29.5 Å². The van der Waals surface area contributed by atoms with Crippen molar-refractivity contribution in [3.05, 3.63) is 72.4 Å². The van der Waals surface area contributed by atoms with Crippen molar-refractivity contribution in [2.45, 2.75) is 38.8 Å². The Morgan fingerprint density at radius 1 is 1.00 bits per heavy atom. The number of anilines is 2. The summed E-state index contributed by atoms with van der Waals surface area (Å²) in [6.45, 7) is 5.24. The predicted molar refractivity (Wildman–Crippen MR) is 149 cm³/mol. The molecule has 0 aliphatic heterocycles. The number of fused-ring (bicyclic) bond motifs is 1. The second-order valence-corrected chi connectivity index (χ2v) is 9.91. The molecule has 2 heterocycles. The lowest BCUT2D eigenvalue weighted by Gasteiger charge is -2.23. The van der Waals surface area contributed by atoms with Gasteiger partial charge in [-0.2, -0.15) is 0 Å². The molecule has 1 atom stereocenters. The minimum Gasteiger partial charge on any atom is -0.444 e. The summed E-state index contributed by atoms with van der Waals surface area (Å²) < 4.78 is 13.1. The van der Waals surface area contributed by atoms with Crippen LogP contribution in [0.4, 0.5) is 27.8 Å². The number of nitrogens with two attached hydrogens (primary N) is 2. The molecule has 0 bridgehead atoms. The van der Waals surface area contributed by atoms with E-state index in [0.29, 0.717) is 5.69 Å². The number of esters is 1. The van der Waals surface area contributed by atoms with Crippen LogP contribution in [0.25, 0.3) is 10.9 Å². The van der Waals surface area contributed by atoms with Gasteiger partial charge >= 0.3 is 12.1 Å². The number of rotatable bonds is 7. The number of hydrogen-bond donors (Lipinski definition) is 3. The summed E-state index contributed by atoms with van der Waals surface area (Å²) in [5.41, 5.74) is 13.2. The number of alkyl carbamates (subject to hydrolysis) is 1. The van der Waals surface area contributed by atoms with Gasteiger partial charge in [-0.3, -0.25) is 0 Å². The van der Waals surface area contributed by atoms with Crippen molar-refractivity contribution < 1.29 is 19.1 Å². The third-order valence-corrected chi connectivity index (χ3v) is 5.64. The van der Waals surface area contributed by atoms with Gasteiger partial charge in [0.2, 0.25) is 0 Å². The molecule has 202 valence electrons. The first kappa shape index (κ1) is 27.1. The van der Waals surface area contributed by atoms with Crippen LogP contribution in [0.5, 0.6) is 5.75 Å². The summed E-state index contributed by atoms with van der Waals surface area (Å²) in [6.07, 6.45) is 1.37. The summed E-state index contributed by atoms with van der Waals surface area (Å²) in [5, 5.41) is 11.9. The zero-order valence-electron chi connectivity index (χ0n) is 22.2. The lowest BCUT2D eigenvalue weighted by Crippen LogP contribution is -2.46. The van der Waals surface area contributed by atoms with E-state index >= 15 is 0 Å². The fraction of sp³-hybridized carbons (Fsp3) is 0.250. The van der Waals surface area contributed by atoms with E-state index in [1.165, 1.54) is 0 Å². The highest BCUT2D eigenvalue weighted by atomic mass is 16.6. The van der Waals surface area contributed by atoms with Crippen molar-refractivity contribution in [3.63, 3.8) is 0 Å². The standard InChI is InChI=1S/C28H31N7O4/c1-28(2,3)39-27(37)31-21(15-17-16-35(4)22-11-7-5-9-18(17)22)26(36)38-23-12-8-6-10-19(23)33-34-20-13-14-24(29)32-25(20)30/h5-14,16,21H,15H2,1-4H3,(H,31,37)(H4,29,30,32)/b34-33+/t21-/m0/s1. The van der Waals surface area contributed by atoms with Gasteiger partial charge in [-0.15, -0.1) is 10.2 Å². The number of para-hydroxylation sites is 2. The highest BCUT2D eigenvalue weighted by molar-refractivity contribution is 5.87. The Morgan fingerprint density at radius 3 is 2.44 bits per heavy atom. The Labute approximate surface area is 225 Å². The molecule has 0 unspecified atom stereocenters. The molecule has 0 fully saturated rings. The first-order valence-corrected chi connectivity index (χ1v) is 12.3. The summed E-state index contributed by atoms with van der Waals surface area (Å²) >= 11 is 0. The molecule has 5 N–H and O–H groups in total. The molecule has 4 rings (SSSR count). The maximum Gasteiger partial charge on any atom is 0.408 e. The zero-order valence-corrected chi connectivity index (χ0v) is 22.2. The second kappa shape index (κ2) is 11.2. The third kappa shape index (κ3) is 6.89. The van der Waals surface area contributed by atoms with E-state index < -0.39 is 23.7 Å². The SMILES string of the molecule is Cn1cc(C[C@H](NC(=O)OC(C)(C)C)C(=O)Oc2ccccc2/N=N/c2ccc(N)nc2N)c2ccccc21. The molecule has 0 aliphatic carbocycles. The number of carbonyl (C=O) groups is 2. The van der Waals surface area contributed by atoms with Crippen LogP contribution in [0.2, 0.25) is 0 Å². The van der Waals surface area contributed by atoms with Crippen LogP contribution in [-0.2, 0) is 23.0 Å². The number of hydrogen-bond acceptors (Lipinski definition) is 9. The Kier molecular flexibility index (Phi) is 7.80. The average molecular weight is 530 g/mol. The number of carbonyl (C=O) groups excluding carboxylic acids is 2. The van der Waals surface area contributed by atoms with Gasteiger partial charge in [0.1, 0.15) is 28.8 Å². The molecule has 39 heavy (non-hydrogen) atoms. The number of nitrogens with zero attached hydrogens (tertiary/aromatic N) is 4. The Bertz CT molecular complexity index is 1540. The molecular formula is C28H31N7O4. The lowest BCUT2D eigenvalue weighted by molar-refractivity contribution is -0.136. The van der Waals surface area contributed by atoms with Gasteiger partial charge in [-0.25, -0.2) is 14.6 Å². The van der Waals surface area contributed by atoms with Crippen molar-refractivity contribution in [2.24, 2.45) is 17.3 Å². The third-order valence-electron chi connectivity index (χ3n) is 5.64. The van der Waals surface area contributed by atoms with E-state index in [4.69, 9.17) is 20.9 Å². The van der Waals surface area contributed by atoms with Crippen LogP contribution in [0.1, 0.15) is 26.3 Å². The normalized spacial score (nSPS) is 12.4. The molecule has 11 heteroatoms. The van der Waals surface area contributed by atoms with Crippen molar-refractivity contribution in [2.75, 3.05) is 11.5 Å². The van der Waals surface area contributed by atoms with E-state index in [9.17, 15) is 9.59 Å². The smallest absolute Gasteiger partial charge is 0.408 e. The van der Waals surface area contributed by atoms with Gasteiger partial charge in [0.15, 0.2) is 11.6 Å². The summed E-state index contributed by atoms with van der Waals surface area (Å²) in [6, 6.07) is 16.5. The van der Waals surface area contributed by atoms with Gasteiger partial charge in [0.25, 0.3) is 0 Å². The molecule has 4 aromatic rings. The van der Waals surface area contributed by atoms with Gasteiger partial charge in [0, 0.05) is 30.6 Å². The van der Waals surface area contributed by atoms with Crippen molar-refractivity contribution in [1.82, 2.24) is 14.9 Å². The van der Waals surface area contributed by atoms with Crippen LogP contribution in [0.3, 0.4) is 0 Å². The van der Waals surface area contributed by atoms with E-state index in [0.717, 1.165) is 16.5 Å². The topological polar surface area (TPSA) is 159 Å². The Hall–Kier alpha value is -4.93. The number of aromatic nitrogens is 2. The Balaban J connectivity index is 1.60. The summed E-state index contributed by atoms with van der Waals surface area (Å²) in [4.78, 5) is 30.1. The summed E-state index contributed by atoms with van der Waals surface area (Å²) in [5.74, 6) is -0.160. The fourth-order valence-electron chi connectivity index (χ4n) is 3.93. The quantitative estimate of drug-likeness (QED) is 0.169. The number of nitrogen functional groups attached to an aromatic ring is 2. The molecule has 1 amide bonds. The molecule has 0 saturated carbocycles. The first-order chi connectivity index (χ1) is 18.5. The van der Waals surface area contributed by atoms with Crippen LogP contribution >= 0.6 is 0 Å². The number of aryl methyl sites for hydroxylation is 1. The van der Waals surface area contributed by atoms with Crippen LogP contribution in [0, 0.1) is 0 Å². The van der Waals surface area contributed by atoms with Crippen LogP contribution in [0.15, 0.2) is 77.1 Å². The number of benzene rings is 2. The van der Waals surface area contributed by atoms with Gasteiger partial charge in [0.05, 0.1) is 0 Å². The monoisotopic (exact) mass is 529 g/mol. The van der Waals surface area contributed by atoms with Gasteiger partial charge in [-0.05, 0) is 56.7 Å². The van der Waals surface area contributed by atoms with Crippen LogP contribution in [-0.4, -0.2) is 33.3 Å². The second-order valence-electron chi connectivity index (χ2n) is 9.91. The molecule has 0 spiro atoms. The first-order valence-electron chi connectivity index (χ1n) is 12.3. The molecule has 0 aliphatic rings. The fourth-order valence-corrected chi connectivity index (χ4v) is 3.93. The highest BCUT2D eigenvalue weighted by Gasteiger charge is 2.28. The molecular weight excluding hydrogens is 498 g/mol. The predicted octanol–water partition coefficient (Wildman–Crippen LogP) is 5.19. The van der Waals surface area contributed by atoms with Crippen LogP contribution < -0.4 is 21.5 Å². The maximum absolute atomic E-state index is 13.5. The number of azo groups is 1. The number of amides is 1. The van der Waals surface area contributed by atoms with E-state index in [1.54, 1.807) is 57.2 Å². The molecule has 2 aromatic carbocycles. The molecule has 0 radical (unpaired) electrons. The van der Waals surface area contributed by atoms with Gasteiger partial charge < -0.3 is 30.8 Å². The van der Waals surface area contributed by atoms with Gasteiger partial charge in [-0.1, -0.05) is 30.3 Å². The number of nitrogens with one attached hydrogen (secondary N) is 1. The molecule has 0 saturated heterocycles. The highest BCUT2D eigenvalue weighted by Crippen LogP contribution is 2.31. The lowest BCUT2D eigenvalue weighted by atomic mass is 10.1. The minimum absolute atomic E-state index is 0.116. The zero-order chi connectivity index (χ0) is 28.2. The van der Waals surface area contributed by atoms with E-state index in [1.807, 2.05) is 42.1 Å². The van der Waals surface area contributed by atoms with Crippen molar-refractivity contribution in [3.8, 4) is 5.75 Å². The maximum atomic E-state index is 13.5. The van der Waals surface area contributed by atoms with E-state index in [2.05, 4.69) is 20.5 Å². The average Bonchev–Trinajstić information content (AvgIpc) is 3.18. The number of pyridine rings is 1.